The highest BCUT2D eigenvalue weighted by atomic mass is 35.5. The molecule has 8 nitrogen and oxygen atoms in total. The number of nitrogens with one attached hydrogen (secondary N) is 2. The van der Waals surface area contributed by atoms with Crippen molar-refractivity contribution in [3.8, 4) is 23.0 Å². The van der Waals surface area contributed by atoms with E-state index < -0.39 is 0 Å². The van der Waals surface area contributed by atoms with Gasteiger partial charge in [-0.15, -0.1) is 0 Å². The number of halogens is 1. The Kier molecular flexibility index (Phi) is 4.47. The molecule has 4 aromatic rings. The fourth-order valence-electron chi connectivity index (χ4n) is 2.61. The highest BCUT2D eigenvalue weighted by Crippen LogP contribution is 2.24. The molecule has 0 spiro atoms. The van der Waals surface area contributed by atoms with Crippen LogP contribution in [0.15, 0.2) is 53.2 Å². The standard InChI is InChI=1S/C18H15ClN6O2/c1-11-9-15(23-22-11)20-16(26)10-25-8-2-3-14(25)18-21-17(24-27-18)12-4-6-13(19)7-5-12/h2-9H,10H2,1H3,(H2,20,22,23,26). The molecule has 3 aromatic heterocycles. The minimum absolute atomic E-state index is 0.0902. The second-order valence-corrected chi connectivity index (χ2v) is 6.37. The largest absolute Gasteiger partial charge is 0.334 e. The Labute approximate surface area is 159 Å². The maximum atomic E-state index is 12.3. The molecule has 0 aliphatic carbocycles. The molecule has 1 aromatic carbocycles. The highest BCUT2D eigenvalue weighted by molar-refractivity contribution is 6.30. The lowest BCUT2D eigenvalue weighted by molar-refractivity contribution is -0.116. The number of aromatic amines is 1. The second kappa shape index (κ2) is 7.08. The number of amides is 1. The molecule has 0 saturated heterocycles. The predicted octanol–water partition coefficient (Wildman–Crippen LogP) is 3.53. The molecule has 0 aliphatic heterocycles. The molecule has 4 rings (SSSR count). The predicted molar refractivity (Wildman–Crippen MR) is 100 cm³/mol. The average Bonchev–Trinajstić information content (AvgIpc) is 3.37. The molecule has 1 amide bonds. The van der Waals surface area contributed by atoms with Crippen LogP contribution in [0.25, 0.3) is 23.0 Å². The molecule has 3 heterocycles. The van der Waals surface area contributed by atoms with E-state index in [1.807, 2.05) is 31.2 Å². The van der Waals surface area contributed by atoms with Gasteiger partial charge in [-0.25, -0.2) is 0 Å². The van der Waals surface area contributed by atoms with Crippen molar-refractivity contribution in [3.05, 3.63) is 59.4 Å². The molecule has 9 heteroatoms. The van der Waals surface area contributed by atoms with E-state index in [0.717, 1.165) is 11.3 Å². The molecular formula is C18H15ClN6O2. The van der Waals surface area contributed by atoms with E-state index in [1.165, 1.54) is 0 Å². The van der Waals surface area contributed by atoms with Crippen LogP contribution in [0.3, 0.4) is 0 Å². The quantitative estimate of drug-likeness (QED) is 0.549. The number of hydrogen-bond donors (Lipinski definition) is 2. The third-order valence-electron chi connectivity index (χ3n) is 3.86. The first-order valence-electron chi connectivity index (χ1n) is 8.15. The summed E-state index contributed by atoms with van der Waals surface area (Å²) in [6.07, 6.45) is 1.77. The summed E-state index contributed by atoms with van der Waals surface area (Å²) in [5.41, 5.74) is 2.31. The summed E-state index contributed by atoms with van der Waals surface area (Å²) in [6.45, 7) is 1.95. The van der Waals surface area contributed by atoms with Crippen LogP contribution in [0.4, 0.5) is 5.82 Å². The summed E-state index contributed by atoms with van der Waals surface area (Å²) in [7, 11) is 0. The maximum absolute atomic E-state index is 12.3. The molecule has 2 N–H and O–H groups in total. The normalized spacial score (nSPS) is 10.9. The molecule has 0 unspecified atom stereocenters. The summed E-state index contributed by atoms with van der Waals surface area (Å²) in [5, 5.41) is 14.1. The van der Waals surface area contributed by atoms with Gasteiger partial charge < -0.3 is 14.4 Å². The van der Waals surface area contributed by atoms with E-state index in [-0.39, 0.29) is 12.5 Å². The number of rotatable bonds is 5. The number of aryl methyl sites for hydroxylation is 1. The van der Waals surface area contributed by atoms with Crippen molar-refractivity contribution in [3.63, 3.8) is 0 Å². The number of H-pyrrole nitrogens is 1. The van der Waals surface area contributed by atoms with Crippen molar-refractivity contribution in [2.45, 2.75) is 13.5 Å². The fraction of sp³-hybridized carbons (Fsp3) is 0.111. The molecular weight excluding hydrogens is 368 g/mol. The van der Waals surface area contributed by atoms with Gasteiger partial charge in [0.05, 0.1) is 0 Å². The number of anilines is 1. The van der Waals surface area contributed by atoms with E-state index >= 15 is 0 Å². The van der Waals surface area contributed by atoms with E-state index in [4.69, 9.17) is 16.1 Å². The Balaban J connectivity index is 1.52. The van der Waals surface area contributed by atoms with Crippen LogP contribution < -0.4 is 5.32 Å². The number of hydrogen-bond acceptors (Lipinski definition) is 5. The summed E-state index contributed by atoms with van der Waals surface area (Å²) in [4.78, 5) is 16.7. The first-order chi connectivity index (χ1) is 13.1. The van der Waals surface area contributed by atoms with Crippen molar-refractivity contribution < 1.29 is 9.32 Å². The second-order valence-electron chi connectivity index (χ2n) is 5.94. The third kappa shape index (κ3) is 3.75. The molecule has 0 saturated carbocycles. The zero-order chi connectivity index (χ0) is 18.8. The number of carbonyl (C=O) groups excluding carboxylic acids is 1. The van der Waals surface area contributed by atoms with Crippen molar-refractivity contribution in [2.24, 2.45) is 0 Å². The minimum atomic E-state index is -0.212. The van der Waals surface area contributed by atoms with Crippen LogP contribution in [-0.4, -0.2) is 30.8 Å². The molecule has 0 fully saturated rings. The topological polar surface area (TPSA) is 102 Å². The van der Waals surface area contributed by atoms with Gasteiger partial charge in [-0.1, -0.05) is 16.8 Å². The molecule has 0 bridgehead atoms. The maximum Gasteiger partial charge on any atom is 0.274 e. The average molecular weight is 383 g/mol. The first-order valence-corrected chi connectivity index (χ1v) is 8.53. The number of nitrogens with zero attached hydrogens (tertiary/aromatic N) is 4. The van der Waals surface area contributed by atoms with Gasteiger partial charge in [0.2, 0.25) is 11.7 Å². The summed E-state index contributed by atoms with van der Waals surface area (Å²) in [6, 6.07) is 12.5. The van der Waals surface area contributed by atoms with E-state index in [1.54, 1.807) is 29.0 Å². The summed E-state index contributed by atoms with van der Waals surface area (Å²) < 4.78 is 7.10. The van der Waals surface area contributed by atoms with Gasteiger partial charge in [0, 0.05) is 28.5 Å². The molecule has 136 valence electrons. The van der Waals surface area contributed by atoms with E-state index in [0.29, 0.717) is 28.2 Å². The lowest BCUT2D eigenvalue weighted by atomic mass is 10.2. The SMILES string of the molecule is Cc1cc(NC(=O)Cn2cccc2-c2nc(-c3ccc(Cl)cc3)no2)n[nH]1. The Morgan fingerprint density at radius 2 is 2.11 bits per heavy atom. The van der Waals surface area contributed by atoms with Crippen LogP contribution >= 0.6 is 11.6 Å². The lowest BCUT2D eigenvalue weighted by Gasteiger charge is -2.06. The van der Waals surface area contributed by atoms with Gasteiger partial charge in [-0.3, -0.25) is 9.89 Å². The van der Waals surface area contributed by atoms with Crippen molar-refractivity contribution in [2.75, 3.05) is 5.32 Å². The molecule has 27 heavy (non-hydrogen) atoms. The first kappa shape index (κ1) is 17.0. The smallest absolute Gasteiger partial charge is 0.274 e. The van der Waals surface area contributed by atoms with Crippen molar-refractivity contribution >= 4 is 23.3 Å². The van der Waals surface area contributed by atoms with Gasteiger partial charge in [0.1, 0.15) is 12.2 Å². The monoisotopic (exact) mass is 382 g/mol. The van der Waals surface area contributed by atoms with Gasteiger partial charge >= 0.3 is 0 Å². The number of benzene rings is 1. The third-order valence-corrected chi connectivity index (χ3v) is 4.12. The molecule has 0 aliphatic rings. The Hall–Kier alpha value is -3.39. The fourth-order valence-corrected chi connectivity index (χ4v) is 2.73. The minimum Gasteiger partial charge on any atom is -0.334 e. The Bertz CT molecular complexity index is 1080. The Morgan fingerprint density at radius 1 is 1.30 bits per heavy atom. The zero-order valence-electron chi connectivity index (χ0n) is 14.3. The highest BCUT2D eigenvalue weighted by Gasteiger charge is 2.16. The van der Waals surface area contributed by atoms with Crippen LogP contribution in [0.2, 0.25) is 5.02 Å². The van der Waals surface area contributed by atoms with Gasteiger partial charge in [0.15, 0.2) is 5.82 Å². The van der Waals surface area contributed by atoms with Gasteiger partial charge in [0.25, 0.3) is 5.89 Å². The van der Waals surface area contributed by atoms with Crippen LogP contribution in [-0.2, 0) is 11.3 Å². The van der Waals surface area contributed by atoms with Crippen molar-refractivity contribution in [1.82, 2.24) is 24.9 Å². The van der Waals surface area contributed by atoms with Gasteiger partial charge in [-0.2, -0.15) is 10.1 Å². The summed E-state index contributed by atoms with van der Waals surface area (Å²) >= 11 is 5.90. The van der Waals surface area contributed by atoms with Crippen LogP contribution in [0, 0.1) is 6.92 Å². The number of aromatic nitrogens is 5. The van der Waals surface area contributed by atoms with Crippen molar-refractivity contribution in [1.29, 1.82) is 0 Å². The zero-order valence-corrected chi connectivity index (χ0v) is 15.1. The number of carbonyl (C=O) groups is 1. The van der Waals surface area contributed by atoms with Crippen LogP contribution in [0.5, 0.6) is 0 Å². The Morgan fingerprint density at radius 3 is 2.85 bits per heavy atom. The molecule has 0 atom stereocenters. The van der Waals surface area contributed by atoms with Gasteiger partial charge in [-0.05, 0) is 43.3 Å². The lowest BCUT2D eigenvalue weighted by Crippen LogP contribution is -2.19. The van der Waals surface area contributed by atoms with E-state index in [9.17, 15) is 4.79 Å². The molecule has 0 radical (unpaired) electrons. The van der Waals surface area contributed by atoms with E-state index in [2.05, 4.69) is 25.7 Å². The van der Waals surface area contributed by atoms with Crippen LogP contribution in [0.1, 0.15) is 5.69 Å². The summed E-state index contributed by atoms with van der Waals surface area (Å²) in [5.74, 6) is 1.05.